The van der Waals surface area contributed by atoms with Crippen LogP contribution in [0.2, 0.25) is 0 Å². The van der Waals surface area contributed by atoms with E-state index in [4.69, 9.17) is 0 Å². The van der Waals surface area contributed by atoms with Crippen LogP contribution in [0.15, 0.2) is 36.8 Å². The average molecular weight is 375 g/mol. The lowest BCUT2D eigenvalue weighted by atomic mass is 9.99. The van der Waals surface area contributed by atoms with Gasteiger partial charge in [-0.1, -0.05) is 19.4 Å². The largest absolute Gasteiger partial charge is 0.297 e. The maximum atomic E-state index is 11.6. The number of hydrogen-bond acceptors (Lipinski definition) is 6. The zero-order valence-electron chi connectivity index (χ0n) is 15.2. The number of rotatable bonds is 7. The van der Waals surface area contributed by atoms with E-state index in [0.717, 1.165) is 30.6 Å². The molecular weight excluding hydrogens is 350 g/mol. The van der Waals surface area contributed by atoms with Crippen molar-refractivity contribution in [3.63, 3.8) is 0 Å². The van der Waals surface area contributed by atoms with E-state index in [-0.39, 0.29) is 6.04 Å². The fourth-order valence-electron chi connectivity index (χ4n) is 3.48. The van der Waals surface area contributed by atoms with Gasteiger partial charge in [0.15, 0.2) is 5.82 Å². The Bertz CT molecular complexity index is 811. The van der Waals surface area contributed by atoms with Gasteiger partial charge < -0.3 is 0 Å². The average Bonchev–Trinajstić information content (AvgIpc) is 2.96. The highest BCUT2D eigenvalue weighted by atomic mass is 32.2. The number of likely N-dealkylation sites (tertiary alicyclic amines) is 1. The molecule has 2 aromatic heterocycles. The molecule has 3 rings (SSSR count). The van der Waals surface area contributed by atoms with Crippen molar-refractivity contribution in [3.8, 4) is 11.5 Å². The Morgan fingerprint density at radius 3 is 2.58 bits per heavy atom. The van der Waals surface area contributed by atoms with Crippen molar-refractivity contribution in [2.45, 2.75) is 32.4 Å². The first kappa shape index (κ1) is 18.9. The zero-order chi connectivity index (χ0) is 18.6. The Morgan fingerprint density at radius 1 is 1.19 bits per heavy atom. The lowest BCUT2D eigenvalue weighted by Crippen LogP contribution is -2.39. The Kier molecular flexibility index (Phi) is 5.95. The molecule has 3 heterocycles. The standard InChI is InChI=1S/C18H25N5O2S/c1-3-6-15-12-23(13-17(15)22-26(2,24)25)11-14-9-20-18(21-10-14)16-7-4-5-8-19-16/h4-5,7-10,15,17,22H,3,6,11-13H2,1-2H3/t15-,17-/m1/s1. The molecule has 0 unspecified atom stereocenters. The van der Waals surface area contributed by atoms with Gasteiger partial charge in [-0.05, 0) is 24.5 Å². The van der Waals surface area contributed by atoms with E-state index in [2.05, 4.69) is 31.5 Å². The molecule has 1 aliphatic rings. The lowest BCUT2D eigenvalue weighted by molar-refractivity contribution is 0.311. The van der Waals surface area contributed by atoms with Crippen molar-refractivity contribution in [1.29, 1.82) is 0 Å². The first-order valence-corrected chi connectivity index (χ1v) is 10.8. The summed E-state index contributed by atoms with van der Waals surface area (Å²) in [5.74, 6) is 0.944. The second-order valence-corrected chi connectivity index (χ2v) is 8.65. The van der Waals surface area contributed by atoms with E-state index in [1.54, 1.807) is 6.20 Å². The predicted octanol–water partition coefficient (Wildman–Crippen LogP) is 1.69. The summed E-state index contributed by atoms with van der Waals surface area (Å²) in [6, 6.07) is 5.62. The van der Waals surface area contributed by atoms with Gasteiger partial charge in [0.1, 0.15) is 5.69 Å². The second kappa shape index (κ2) is 8.20. The van der Waals surface area contributed by atoms with Crippen molar-refractivity contribution < 1.29 is 8.42 Å². The minimum absolute atomic E-state index is 0.0290. The maximum absolute atomic E-state index is 11.6. The molecule has 0 bridgehead atoms. The SMILES string of the molecule is CCC[C@@H]1CN(Cc2cnc(-c3ccccn3)nc2)C[C@H]1NS(C)(=O)=O. The summed E-state index contributed by atoms with van der Waals surface area (Å²) in [4.78, 5) is 15.3. The van der Waals surface area contributed by atoms with Crippen LogP contribution in [0.25, 0.3) is 11.5 Å². The third-order valence-electron chi connectivity index (χ3n) is 4.55. The van der Waals surface area contributed by atoms with Gasteiger partial charge in [-0.25, -0.2) is 23.1 Å². The first-order chi connectivity index (χ1) is 12.4. The summed E-state index contributed by atoms with van der Waals surface area (Å²) < 4.78 is 26.0. The molecule has 2 aromatic rings. The van der Waals surface area contributed by atoms with E-state index in [0.29, 0.717) is 24.8 Å². The summed E-state index contributed by atoms with van der Waals surface area (Å²) in [5, 5.41) is 0. The maximum Gasteiger partial charge on any atom is 0.209 e. The van der Waals surface area contributed by atoms with Crippen LogP contribution in [0, 0.1) is 5.92 Å². The highest BCUT2D eigenvalue weighted by Crippen LogP contribution is 2.24. The summed E-state index contributed by atoms with van der Waals surface area (Å²) in [6.45, 7) is 4.43. The van der Waals surface area contributed by atoms with Crippen LogP contribution in [-0.4, -0.2) is 53.7 Å². The topological polar surface area (TPSA) is 88.1 Å². The van der Waals surface area contributed by atoms with Crippen LogP contribution in [0.4, 0.5) is 0 Å². The zero-order valence-corrected chi connectivity index (χ0v) is 16.0. The quantitative estimate of drug-likeness (QED) is 0.792. The summed E-state index contributed by atoms with van der Waals surface area (Å²) in [7, 11) is -3.20. The molecule has 1 N–H and O–H groups in total. The lowest BCUT2D eigenvalue weighted by Gasteiger charge is -2.17. The number of hydrogen-bond donors (Lipinski definition) is 1. The minimum atomic E-state index is -3.20. The van der Waals surface area contributed by atoms with E-state index in [1.807, 2.05) is 30.6 Å². The molecule has 0 spiro atoms. The molecule has 0 aliphatic carbocycles. The van der Waals surface area contributed by atoms with Gasteiger partial charge in [0.2, 0.25) is 10.0 Å². The molecule has 0 saturated carbocycles. The molecule has 0 amide bonds. The van der Waals surface area contributed by atoms with Crippen LogP contribution in [0.1, 0.15) is 25.3 Å². The first-order valence-electron chi connectivity index (χ1n) is 8.86. The summed E-state index contributed by atoms with van der Waals surface area (Å²) in [6.07, 6.45) is 8.65. The fourth-order valence-corrected chi connectivity index (χ4v) is 4.30. The van der Waals surface area contributed by atoms with Gasteiger partial charge >= 0.3 is 0 Å². The van der Waals surface area contributed by atoms with Crippen molar-refractivity contribution in [3.05, 3.63) is 42.4 Å². The molecule has 0 aromatic carbocycles. The molecule has 8 heteroatoms. The van der Waals surface area contributed by atoms with Crippen LogP contribution >= 0.6 is 0 Å². The third-order valence-corrected chi connectivity index (χ3v) is 5.28. The number of nitrogens with zero attached hydrogens (tertiary/aromatic N) is 4. The van der Waals surface area contributed by atoms with Gasteiger partial charge in [0.25, 0.3) is 0 Å². The Hall–Kier alpha value is -1.90. The van der Waals surface area contributed by atoms with Crippen LogP contribution in [-0.2, 0) is 16.6 Å². The van der Waals surface area contributed by atoms with Crippen molar-refractivity contribution in [1.82, 2.24) is 24.6 Å². The van der Waals surface area contributed by atoms with E-state index < -0.39 is 10.0 Å². The number of pyridine rings is 1. The Labute approximate surface area is 154 Å². The number of aromatic nitrogens is 3. The van der Waals surface area contributed by atoms with E-state index in [9.17, 15) is 8.42 Å². The monoisotopic (exact) mass is 375 g/mol. The Morgan fingerprint density at radius 2 is 1.96 bits per heavy atom. The molecular formula is C18H25N5O2S. The molecule has 2 atom stereocenters. The molecule has 1 aliphatic heterocycles. The second-order valence-electron chi connectivity index (χ2n) is 6.87. The normalized spacial score (nSPS) is 21.2. The summed E-state index contributed by atoms with van der Waals surface area (Å²) in [5.41, 5.74) is 1.76. The van der Waals surface area contributed by atoms with Crippen molar-refractivity contribution in [2.75, 3.05) is 19.3 Å². The number of nitrogens with one attached hydrogen (secondary N) is 1. The Balaban J connectivity index is 1.65. The van der Waals surface area contributed by atoms with Crippen LogP contribution in [0.3, 0.4) is 0 Å². The third kappa shape index (κ3) is 5.06. The molecule has 7 nitrogen and oxygen atoms in total. The molecule has 26 heavy (non-hydrogen) atoms. The van der Waals surface area contributed by atoms with Gasteiger partial charge in [0, 0.05) is 49.8 Å². The highest BCUT2D eigenvalue weighted by molar-refractivity contribution is 7.88. The molecule has 0 radical (unpaired) electrons. The number of sulfonamides is 1. The van der Waals surface area contributed by atoms with Crippen molar-refractivity contribution >= 4 is 10.0 Å². The van der Waals surface area contributed by atoms with E-state index >= 15 is 0 Å². The van der Waals surface area contributed by atoms with Crippen LogP contribution in [0.5, 0.6) is 0 Å². The van der Waals surface area contributed by atoms with Gasteiger partial charge in [-0.15, -0.1) is 0 Å². The summed E-state index contributed by atoms with van der Waals surface area (Å²) >= 11 is 0. The van der Waals surface area contributed by atoms with Gasteiger partial charge in [-0.2, -0.15) is 0 Å². The molecule has 140 valence electrons. The van der Waals surface area contributed by atoms with Gasteiger partial charge in [0.05, 0.1) is 6.26 Å². The van der Waals surface area contributed by atoms with E-state index in [1.165, 1.54) is 6.26 Å². The minimum Gasteiger partial charge on any atom is -0.297 e. The molecule has 1 saturated heterocycles. The van der Waals surface area contributed by atoms with Crippen LogP contribution < -0.4 is 4.72 Å². The smallest absolute Gasteiger partial charge is 0.209 e. The predicted molar refractivity (Wildman–Crippen MR) is 101 cm³/mol. The van der Waals surface area contributed by atoms with Gasteiger partial charge in [-0.3, -0.25) is 9.88 Å². The highest BCUT2D eigenvalue weighted by Gasteiger charge is 2.33. The molecule has 1 fully saturated rings. The van der Waals surface area contributed by atoms with Crippen molar-refractivity contribution in [2.24, 2.45) is 5.92 Å². The fraction of sp³-hybridized carbons (Fsp3) is 0.500.